The van der Waals surface area contributed by atoms with Gasteiger partial charge in [-0.25, -0.2) is 0 Å². The van der Waals surface area contributed by atoms with Gasteiger partial charge in [-0.3, -0.25) is 4.99 Å². The smallest absolute Gasteiger partial charge is 0.0679 e. The van der Waals surface area contributed by atoms with Crippen LogP contribution in [0.15, 0.2) is 96.0 Å². The monoisotopic (exact) mass is 327 g/mol. The van der Waals surface area contributed by atoms with Crippen molar-refractivity contribution in [2.45, 2.75) is 6.54 Å². The van der Waals surface area contributed by atoms with Crippen molar-refractivity contribution in [2.24, 2.45) is 4.99 Å². The molecule has 4 rings (SSSR count). The van der Waals surface area contributed by atoms with E-state index in [1.54, 1.807) is 0 Å². The van der Waals surface area contributed by atoms with Gasteiger partial charge in [0.1, 0.15) is 0 Å². The molecule has 2 heteroatoms. The summed E-state index contributed by atoms with van der Waals surface area (Å²) in [6.07, 6.45) is 0. The maximum absolute atomic E-state index is 4.90. The van der Waals surface area contributed by atoms with Gasteiger partial charge in [0.2, 0.25) is 0 Å². The molecule has 0 fully saturated rings. The molecule has 0 N–H and O–H groups in total. The van der Waals surface area contributed by atoms with Gasteiger partial charge in [0.05, 0.1) is 11.9 Å². The van der Waals surface area contributed by atoms with Crippen LogP contribution in [0.2, 0.25) is 0 Å². The van der Waals surface area contributed by atoms with Crippen molar-refractivity contribution in [3.63, 3.8) is 0 Å². The number of rotatable bonds is 3. The van der Waals surface area contributed by atoms with Crippen LogP contribution >= 0.6 is 11.3 Å². The molecule has 1 aromatic heterocycles. The van der Waals surface area contributed by atoms with E-state index < -0.39 is 0 Å². The van der Waals surface area contributed by atoms with Gasteiger partial charge in [-0.1, -0.05) is 78.9 Å². The van der Waals surface area contributed by atoms with Gasteiger partial charge in [0.25, 0.3) is 0 Å². The molecule has 0 radical (unpaired) electrons. The van der Waals surface area contributed by atoms with Crippen LogP contribution in [0, 0.1) is 0 Å². The Morgan fingerprint density at radius 3 is 2.17 bits per heavy atom. The van der Waals surface area contributed by atoms with Crippen LogP contribution in [0.5, 0.6) is 0 Å². The summed E-state index contributed by atoms with van der Waals surface area (Å²) in [5.41, 5.74) is 2.47. The molecule has 0 aliphatic rings. The summed E-state index contributed by atoms with van der Waals surface area (Å²) in [6, 6.07) is 31.6. The zero-order valence-electron chi connectivity index (χ0n) is 13.2. The molecule has 1 nitrogen and oxygen atoms in total. The summed E-state index contributed by atoms with van der Waals surface area (Å²) in [5.74, 6) is 0. The van der Waals surface area contributed by atoms with Gasteiger partial charge >= 0.3 is 0 Å². The van der Waals surface area contributed by atoms with Gasteiger partial charge in [-0.05, 0) is 23.3 Å². The third-order valence-electron chi connectivity index (χ3n) is 3.98. The van der Waals surface area contributed by atoms with Gasteiger partial charge < -0.3 is 0 Å². The van der Waals surface area contributed by atoms with Crippen LogP contribution in [-0.2, 0) is 6.54 Å². The quantitative estimate of drug-likeness (QED) is 0.460. The number of benzene rings is 3. The minimum absolute atomic E-state index is 0.702. The normalized spacial score (nSPS) is 11.8. The highest BCUT2D eigenvalue weighted by Gasteiger charge is 2.03. The van der Waals surface area contributed by atoms with E-state index in [1.807, 2.05) is 17.4 Å². The molecule has 3 aromatic carbocycles. The van der Waals surface area contributed by atoms with E-state index in [2.05, 4.69) is 84.9 Å². The molecule has 116 valence electrons. The van der Waals surface area contributed by atoms with Crippen LogP contribution in [0.25, 0.3) is 20.5 Å². The molecule has 24 heavy (non-hydrogen) atoms. The van der Waals surface area contributed by atoms with Crippen LogP contribution in [-0.4, -0.2) is 0 Å². The maximum Gasteiger partial charge on any atom is 0.0679 e. The number of hydrogen-bond acceptors (Lipinski definition) is 2. The topological polar surface area (TPSA) is 12.4 Å². The lowest BCUT2D eigenvalue weighted by molar-refractivity contribution is 1.02. The first kappa shape index (κ1) is 14.9. The van der Waals surface area contributed by atoms with Crippen molar-refractivity contribution in [1.82, 2.24) is 0 Å². The van der Waals surface area contributed by atoms with E-state index >= 15 is 0 Å². The second kappa shape index (κ2) is 6.81. The van der Waals surface area contributed by atoms with Crippen LogP contribution < -0.4 is 5.36 Å². The minimum Gasteiger partial charge on any atom is -0.280 e. The van der Waals surface area contributed by atoms with Crippen molar-refractivity contribution in [3.05, 3.63) is 102 Å². The Balaban J connectivity index is 1.87. The largest absolute Gasteiger partial charge is 0.280 e. The van der Waals surface area contributed by atoms with Gasteiger partial charge in [0.15, 0.2) is 0 Å². The molecule has 1 heterocycles. The molecule has 0 bridgehead atoms. The summed E-state index contributed by atoms with van der Waals surface area (Å²) >= 11 is 1.82. The fraction of sp³-hybridized carbons (Fsp3) is 0.0455. The molecular weight excluding hydrogens is 310 g/mol. The summed E-state index contributed by atoms with van der Waals surface area (Å²) in [7, 11) is 0. The van der Waals surface area contributed by atoms with Crippen molar-refractivity contribution >= 4 is 21.4 Å². The highest BCUT2D eigenvalue weighted by atomic mass is 32.1. The summed E-state index contributed by atoms with van der Waals surface area (Å²) < 4.78 is 1.27. The molecule has 0 amide bonds. The van der Waals surface area contributed by atoms with Crippen LogP contribution in [0.3, 0.4) is 0 Å². The molecular formula is C22H17NS. The molecule has 0 spiro atoms. The first-order valence-corrected chi connectivity index (χ1v) is 8.84. The zero-order valence-corrected chi connectivity index (χ0v) is 14.0. The minimum atomic E-state index is 0.702. The van der Waals surface area contributed by atoms with Gasteiger partial charge in [0, 0.05) is 15.0 Å². The first-order chi connectivity index (χ1) is 11.9. The number of fused-ring (bicyclic) bond motifs is 1. The van der Waals surface area contributed by atoms with E-state index in [9.17, 15) is 0 Å². The lowest BCUT2D eigenvalue weighted by atomic mass is 10.1. The SMILES string of the molecule is c1ccc(CN=c2cc(-c3ccccc3)sc3ccccc23)cc1. The Hall–Kier alpha value is -2.71. The maximum atomic E-state index is 4.90. The van der Waals surface area contributed by atoms with Crippen LogP contribution in [0.1, 0.15) is 5.56 Å². The Bertz CT molecular complexity index is 1020. The average Bonchev–Trinajstić information content (AvgIpc) is 2.67. The van der Waals surface area contributed by atoms with Gasteiger partial charge in [-0.15, -0.1) is 11.3 Å². The van der Waals surface area contributed by atoms with E-state index in [0.717, 1.165) is 5.36 Å². The van der Waals surface area contributed by atoms with Crippen molar-refractivity contribution in [3.8, 4) is 10.4 Å². The Morgan fingerprint density at radius 1 is 0.708 bits per heavy atom. The third kappa shape index (κ3) is 3.15. The van der Waals surface area contributed by atoms with Crippen LogP contribution in [0.4, 0.5) is 0 Å². The Kier molecular flexibility index (Phi) is 4.22. The molecule has 0 saturated heterocycles. The standard InChI is InChI=1S/C22H17NS/c1-3-9-17(10-4-1)16-23-20-15-22(18-11-5-2-6-12-18)24-21-14-8-7-13-19(20)21/h1-15H,16H2. The second-order valence-electron chi connectivity index (χ2n) is 5.66. The molecule has 0 saturated carbocycles. The second-order valence-corrected chi connectivity index (χ2v) is 6.74. The third-order valence-corrected chi connectivity index (χ3v) is 5.13. The van der Waals surface area contributed by atoms with E-state index in [4.69, 9.17) is 4.99 Å². The zero-order chi connectivity index (χ0) is 16.2. The highest BCUT2D eigenvalue weighted by Crippen LogP contribution is 2.27. The van der Waals surface area contributed by atoms with Gasteiger partial charge in [-0.2, -0.15) is 0 Å². The lowest BCUT2D eigenvalue weighted by Crippen LogP contribution is -2.03. The Morgan fingerprint density at radius 2 is 1.38 bits per heavy atom. The molecule has 0 aliphatic carbocycles. The predicted octanol–water partition coefficient (Wildman–Crippen LogP) is 5.67. The molecule has 0 atom stereocenters. The molecule has 4 aromatic rings. The number of hydrogen-bond donors (Lipinski definition) is 0. The van der Waals surface area contributed by atoms with E-state index in [1.165, 1.54) is 26.1 Å². The Labute approximate surface area is 145 Å². The summed E-state index contributed by atoms with van der Waals surface area (Å²) in [6.45, 7) is 0.702. The average molecular weight is 327 g/mol. The summed E-state index contributed by atoms with van der Waals surface area (Å²) in [5, 5.41) is 2.28. The van der Waals surface area contributed by atoms with Crippen molar-refractivity contribution in [2.75, 3.05) is 0 Å². The predicted molar refractivity (Wildman–Crippen MR) is 103 cm³/mol. The molecule has 0 unspecified atom stereocenters. The van der Waals surface area contributed by atoms with Crippen molar-refractivity contribution in [1.29, 1.82) is 0 Å². The first-order valence-electron chi connectivity index (χ1n) is 8.03. The highest BCUT2D eigenvalue weighted by molar-refractivity contribution is 7.21. The van der Waals surface area contributed by atoms with E-state index in [0.29, 0.717) is 6.54 Å². The molecule has 0 aliphatic heterocycles. The lowest BCUT2D eigenvalue weighted by Gasteiger charge is -2.05. The van der Waals surface area contributed by atoms with E-state index in [-0.39, 0.29) is 0 Å². The van der Waals surface area contributed by atoms with Crippen molar-refractivity contribution < 1.29 is 0 Å². The number of nitrogens with zero attached hydrogens (tertiary/aromatic N) is 1. The fourth-order valence-electron chi connectivity index (χ4n) is 2.75. The fourth-order valence-corrected chi connectivity index (χ4v) is 3.84. The summed E-state index contributed by atoms with van der Waals surface area (Å²) in [4.78, 5) is 6.15.